The Morgan fingerprint density at radius 2 is 2.27 bits per heavy atom. The molecule has 0 heterocycles. The Labute approximate surface area is 84.5 Å². The Morgan fingerprint density at radius 1 is 1.60 bits per heavy atom. The van der Waals surface area contributed by atoms with Crippen LogP contribution in [0.15, 0.2) is 12.1 Å². The minimum absolute atomic E-state index is 0.0999. The molecule has 80 valence electrons. The topological polar surface area (TPSA) is 75.6 Å². The fourth-order valence-electron chi connectivity index (χ4n) is 1.01. The summed E-state index contributed by atoms with van der Waals surface area (Å²) in [5.41, 5.74) is -0.289. The quantitative estimate of drug-likeness (QED) is 0.444. The van der Waals surface area contributed by atoms with Gasteiger partial charge in [0.05, 0.1) is 18.4 Å². The molecule has 0 aromatic heterocycles. The number of halogens is 1. The van der Waals surface area contributed by atoms with E-state index in [0.29, 0.717) is 0 Å². The number of anilines is 1. The van der Waals surface area contributed by atoms with E-state index in [1.54, 1.807) is 0 Å². The smallest absolute Gasteiger partial charge is 0.338 e. The summed E-state index contributed by atoms with van der Waals surface area (Å²) in [6, 6.07) is 1.93. The molecule has 15 heavy (non-hydrogen) atoms. The van der Waals surface area contributed by atoms with Gasteiger partial charge in [0.2, 0.25) is 6.41 Å². The van der Waals surface area contributed by atoms with Gasteiger partial charge in [-0.1, -0.05) is 0 Å². The summed E-state index contributed by atoms with van der Waals surface area (Å²) in [4.78, 5) is 21.2. The molecule has 6 heteroatoms. The number of phenols is 1. The van der Waals surface area contributed by atoms with Crippen LogP contribution in [0.1, 0.15) is 10.4 Å². The van der Waals surface area contributed by atoms with E-state index in [1.165, 1.54) is 0 Å². The average Bonchev–Trinajstić information content (AvgIpc) is 2.23. The first kappa shape index (κ1) is 11.0. The van der Waals surface area contributed by atoms with Crippen molar-refractivity contribution < 1.29 is 23.8 Å². The van der Waals surface area contributed by atoms with Gasteiger partial charge in [-0.2, -0.15) is 0 Å². The van der Waals surface area contributed by atoms with E-state index in [-0.39, 0.29) is 17.7 Å². The van der Waals surface area contributed by atoms with Gasteiger partial charge in [-0.25, -0.2) is 9.18 Å². The number of nitrogens with one attached hydrogen (secondary N) is 1. The van der Waals surface area contributed by atoms with Crippen molar-refractivity contribution in [2.45, 2.75) is 0 Å². The van der Waals surface area contributed by atoms with E-state index in [1.807, 2.05) is 0 Å². The third-order valence-corrected chi connectivity index (χ3v) is 1.70. The number of carbonyl (C=O) groups excluding carboxylic acids is 2. The molecule has 0 saturated heterocycles. The normalized spacial score (nSPS) is 9.47. The Balaban J connectivity index is 3.22. The summed E-state index contributed by atoms with van der Waals surface area (Å²) in [6.45, 7) is 0. The lowest BCUT2D eigenvalue weighted by Crippen LogP contribution is -2.04. The average molecular weight is 213 g/mol. The number of methoxy groups -OCH3 is 1. The van der Waals surface area contributed by atoms with Crippen molar-refractivity contribution in [2.75, 3.05) is 12.4 Å². The van der Waals surface area contributed by atoms with Crippen LogP contribution in [0.4, 0.5) is 10.1 Å². The standard InChI is InChI=1S/C9H8FNO4/c1-15-9(14)5-2-6(10)8(13)7(3-5)11-4-12/h2-4,13H,1H3,(H,11,12). The number of carbonyl (C=O) groups is 2. The number of hydrogen-bond acceptors (Lipinski definition) is 4. The molecule has 0 unspecified atom stereocenters. The molecule has 0 spiro atoms. The monoisotopic (exact) mass is 213 g/mol. The van der Waals surface area contributed by atoms with Crippen molar-refractivity contribution in [3.05, 3.63) is 23.5 Å². The van der Waals surface area contributed by atoms with Crippen LogP contribution in [0.2, 0.25) is 0 Å². The zero-order valence-electron chi connectivity index (χ0n) is 7.78. The van der Waals surface area contributed by atoms with Gasteiger partial charge in [-0.3, -0.25) is 4.79 Å². The maximum absolute atomic E-state index is 13.0. The molecule has 0 aliphatic rings. The Bertz CT molecular complexity index is 405. The van der Waals surface area contributed by atoms with Crippen LogP contribution in [0.25, 0.3) is 0 Å². The predicted octanol–water partition coefficient (Wildman–Crippen LogP) is 0.886. The van der Waals surface area contributed by atoms with Crippen molar-refractivity contribution in [3.63, 3.8) is 0 Å². The summed E-state index contributed by atoms with van der Waals surface area (Å²) in [5, 5.41) is 11.2. The number of benzene rings is 1. The molecule has 0 saturated carbocycles. The lowest BCUT2D eigenvalue weighted by molar-refractivity contribution is -0.105. The van der Waals surface area contributed by atoms with E-state index in [2.05, 4.69) is 10.1 Å². The molecular formula is C9H8FNO4. The van der Waals surface area contributed by atoms with Gasteiger partial charge in [0.15, 0.2) is 11.6 Å². The van der Waals surface area contributed by atoms with Crippen LogP contribution in [-0.2, 0) is 9.53 Å². The maximum Gasteiger partial charge on any atom is 0.338 e. The molecule has 0 aliphatic carbocycles. The van der Waals surface area contributed by atoms with Crippen LogP contribution in [0.5, 0.6) is 5.75 Å². The molecule has 2 N–H and O–H groups in total. The number of esters is 1. The number of ether oxygens (including phenoxy) is 1. The highest BCUT2D eigenvalue weighted by Crippen LogP contribution is 2.27. The summed E-state index contributed by atoms with van der Waals surface area (Å²) >= 11 is 0. The predicted molar refractivity (Wildman–Crippen MR) is 49.1 cm³/mol. The highest BCUT2D eigenvalue weighted by molar-refractivity contribution is 5.92. The Hall–Kier alpha value is -2.11. The number of aromatic hydroxyl groups is 1. The number of hydrogen-bond donors (Lipinski definition) is 2. The van der Waals surface area contributed by atoms with Crippen molar-refractivity contribution in [2.24, 2.45) is 0 Å². The fourth-order valence-corrected chi connectivity index (χ4v) is 1.01. The minimum atomic E-state index is -1.01. The number of rotatable bonds is 3. The molecule has 0 fully saturated rings. The number of phenolic OH excluding ortho intramolecular Hbond substituents is 1. The van der Waals surface area contributed by atoms with E-state index in [0.717, 1.165) is 19.2 Å². The third-order valence-electron chi connectivity index (χ3n) is 1.70. The van der Waals surface area contributed by atoms with Crippen LogP contribution in [0, 0.1) is 5.82 Å². The Kier molecular flexibility index (Phi) is 3.22. The molecule has 0 bridgehead atoms. The van der Waals surface area contributed by atoms with Crippen LogP contribution >= 0.6 is 0 Å². The van der Waals surface area contributed by atoms with E-state index in [9.17, 15) is 14.0 Å². The Morgan fingerprint density at radius 3 is 2.80 bits per heavy atom. The lowest BCUT2D eigenvalue weighted by atomic mass is 10.2. The van der Waals surface area contributed by atoms with Crippen molar-refractivity contribution >= 4 is 18.1 Å². The zero-order chi connectivity index (χ0) is 11.4. The highest BCUT2D eigenvalue weighted by atomic mass is 19.1. The van der Waals surface area contributed by atoms with Gasteiger partial charge in [-0.15, -0.1) is 0 Å². The molecule has 1 aromatic rings. The molecular weight excluding hydrogens is 205 g/mol. The summed E-state index contributed by atoms with van der Waals surface area (Å²) in [5.74, 6) is -2.50. The third kappa shape index (κ3) is 2.22. The van der Waals surface area contributed by atoms with Crippen molar-refractivity contribution in [1.29, 1.82) is 0 Å². The zero-order valence-corrected chi connectivity index (χ0v) is 7.78. The van der Waals surface area contributed by atoms with Crippen LogP contribution in [0.3, 0.4) is 0 Å². The summed E-state index contributed by atoms with van der Waals surface area (Å²) < 4.78 is 17.4. The lowest BCUT2D eigenvalue weighted by Gasteiger charge is -2.06. The van der Waals surface area contributed by atoms with Crippen LogP contribution < -0.4 is 5.32 Å². The highest BCUT2D eigenvalue weighted by Gasteiger charge is 2.14. The van der Waals surface area contributed by atoms with E-state index in [4.69, 9.17) is 5.11 Å². The van der Waals surface area contributed by atoms with E-state index >= 15 is 0 Å². The molecule has 5 nitrogen and oxygen atoms in total. The first-order valence-corrected chi connectivity index (χ1v) is 3.91. The summed E-state index contributed by atoms with van der Waals surface area (Å²) in [6.07, 6.45) is 0.259. The van der Waals surface area contributed by atoms with E-state index < -0.39 is 17.5 Å². The van der Waals surface area contributed by atoms with Gasteiger partial charge in [0.25, 0.3) is 0 Å². The second-order valence-electron chi connectivity index (χ2n) is 2.61. The molecule has 1 amide bonds. The van der Waals surface area contributed by atoms with Gasteiger partial charge < -0.3 is 15.2 Å². The minimum Gasteiger partial charge on any atom is -0.503 e. The van der Waals surface area contributed by atoms with Gasteiger partial charge >= 0.3 is 5.97 Å². The van der Waals surface area contributed by atoms with Gasteiger partial charge in [0, 0.05) is 0 Å². The first-order valence-electron chi connectivity index (χ1n) is 3.91. The number of amides is 1. The molecule has 0 atom stereocenters. The molecule has 0 aliphatic heterocycles. The fraction of sp³-hybridized carbons (Fsp3) is 0.111. The van der Waals surface area contributed by atoms with Crippen molar-refractivity contribution in [3.8, 4) is 5.75 Å². The van der Waals surface area contributed by atoms with Crippen molar-refractivity contribution in [1.82, 2.24) is 0 Å². The molecule has 1 aromatic carbocycles. The van der Waals surface area contributed by atoms with Gasteiger partial charge in [-0.05, 0) is 12.1 Å². The molecule has 0 radical (unpaired) electrons. The molecule has 1 rings (SSSR count). The largest absolute Gasteiger partial charge is 0.503 e. The van der Waals surface area contributed by atoms with Crippen LogP contribution in [-0.4, -0.2) is 24.6 Å². The SMILES string of the molecule is COC(=O)c1cc(F)c(O)c(NC=O)c1. The second-order valence-corrected chi connectivity index (χ2v) is 2.61. The second kappa shape index (κ2) is 4.41. The van der Waals surface area contributed by atoms with Gasteiger partial charge in [0.1, 0.15) is 0 Å². The maximum atomic E-state index is 13.0. The summed E-state index contributed by atoms with van der Waals surface area (Å²) in [7, 11) is 1.14. The first-order chi connectivity index (χ1) is 7.10.